The molecule has 0 aliphatic carbocycles. The van der Waals surface area contributed by atoms with Crippen LogP contribution in [0.4, 0.5) is 0 Å². The Hall–Kier alpha value is -1.10. The molecule has 1 rings (SSSR count). The molecule has 4 nitrogen and oxygen atoms in total. The number of methoxy groups -OCH3 is 1. The van der Waals surface area contributed by atoms with Crippen LogP contribution in [0.25, 0.3) is 0 Å². The van der Waals surface area contributed by atoms with Gasteiger partial charge < -0.3 is 9.84 Å². The average Bonchev–Trinajstić information content (AvgIpc) is 2.30. The number of hydrogen-bond donors (Lipinski definition) is 1. The molecule has 18 heavy (non-hydrogen) atoms. The number of phenolic OH excluding ortho intramolecular Hbond substituents is 1. The topological polar surface area (TPSA) is 49.8 Å². The second-order valence-corrected chi connectivity index (χ2v) is 4.68. The molecular weight excluding hydrogens is 254 g/mol. The van der Waals surface area contributed by atoms with Gasteiger partial charge in [0, 0.05) is 30.8 Å². The molecule has 0 amide bonds. The van der Waals surface area contributed by atoms with E-state index >= 15 is 0 Å². The molecule has 0 saturated carbocycles. The van der Waals surface area contributed by atoms with Crippen molar-refractivity contribution in [3.63, 3.8) is 0 Å². The number of aromatic hydroxyl groups is 1. The Labute approximate surface area is 112 Å². The van der Waals surface area contributed by atoms with Gasteiger partial charge in [0.1, 0.15) is 5.75 Å². The minimum Gasteiger partial charge on any atom is -0.507 e. The van der Waals surface area contributed by atoms with E-state index in [1.54, 1.807) is 13.2 Å². The largest absolute Gasteiger partial charge is 0.507 e. The first-order valence-electron chi connectivity index (χ1n) is 5.65. The van der Waals surface area contributed by atoms with Crippen LogP contribution in [0.3, 0.4) is 0 Å². The molecule has 0 aromatic heterocycles. The predicted molar refractivity (Wildman–Crippen MR) is 71.3 cm³/mol. The molecule has 0 bridgehead atoms. The minimum absolute atomic E-state index is 0.0103. The number of rotatable bonds is 6. The minimum atomic E-state index is -0.198. The summed E-state index contributed by atoms with van der Waals surface area (Å²) in [6.45, 7) is 3.26. The number of Topliss-reactive ketones (excluding diaryl/α,β-unsaturated/α-hetero) is 1. The van der Waals surface area contributed by atoms with Crippen molar-refractivity contribution >= 4 is 17.4 Å². The second kappa shape index (κ2) is 6.73. The molecule has 0 spiro atoms. The first kappa shape index (κ1) is 15.0. The van der Waals surface area contributed by atoms with Crippen molar-refractivity contribution in [2.45, 2.75) is 13.5 Å². The molecule has 0 aliphatic rings. The zero-order valence-electron chi connectivity index (χ0n) is 10.9. The van der Waals surface area contributed by atoms with E-state index in [0.29, 0.717) is 23.7 Å². The molecule has 0 unspecified atom stereocenters. The Kier molecular flexibility index (Phi) is 5.59. The van der Waals surface area contributed by atoms with Crippen LogP contribution in [-0.2, 0) is 11.3 Å². The molecule has 0 radical (unpaired) electrons. The highest BCUT2D eigenvalue weighted by atomic mass is 35.5. The highest BCUT2D eigenvalue weighted by Crippen LogP contribution is 2.28. The molecular formula is C13H18ClNO3. The van der Waals surface area contributed by atoms with Crippen LogP contribution in [0.1, 0.15) is 22.8 Å². The molecule has 100 valence electrons. The molecule has 1 N–H and O–H groups in total. The van der Waals surface area contributed by atoms with Gasteiger partial charge in [0.05, 0.1) is 12.2 Å². The van der Waals surface area contributed by atoms with Gasteiger partial charge >= 0.3 is 0 Å². The molecule has 0 atom stereocenters. The summed E-state index contributed by atoms with van der Waals surface area (Å²) in [5, 5.41) is 10.5. The predicted octanol–water partition coefficient (Wildman–Crippen LogP) is 2.33. The summed E-state index contributed by atoms with van der Waals surface area (Å²) in [5.41, 5.74) is 0.906. The van der Waals surface area contributed by atoms with Crippen LogP contribution in [0.5, 0.6) is 5.75 Å². The first-order chi connectivity index (χ1) is 8.45. The van der Waals surface area contributed by atoms with Crippen molar-refractivity contribution in [1.82, 2.24) is 4.90 Å². The van der Waals surface area contributed by atoms with E-state index in [2.05, 4.69) is 0 Å². The van der Waals surface area contributed by atoms with Crippen molar-refractivity contribution in [2.75, 3.05) is 27.3 Å². The van der Waals surface area contributed by atoms with Crippen LogP contribution >= 0.6 is 11.6 Å². The van der Waals surface area contributed by atoms with Crippen molar-refractivity contribution in [2.24, 2.45) is 0 Å². The third-order valence-corrected chi connectivity index (χ3v) is 2.87. The lowest BCUT2D eigenvalue weighted by molar-refractivity contribution is 0.101. The first-order valence-corrected chi connectivity index (χ1v) is 6.03. The maximum atomic E-state index is 11.4. The van der Waals surface area contributed by atoms with Gasteiger partial charge in [0.2, 0.25) is 0 Å². The standard InChI is InChI=1S/C13H18ClNO3/c1-9(16)12-7-11(14)6-10(13(12)17)8-15(2)4-5-18-3/h6-7,17H,4-5,8H2,1-3H3. The van der Waals surface area contributed by atoms with Crippen LogP contribution in [0.15, 0.2) is 12.1 Å². The number of carbonyl (C=O) groups excluding carboxylic acids is 1. The zero-order chi connectivity index (χ0) is 13.7. The number of ketones is 1. The van der Waals surface area contributed by atoms with Gasteiger partial charge in [-0.15, -0.1) is 0 Å². The second-order valence-electron chi connectivity index (χ2n) is 4.25. The zero-order valence-corrected chi connectivity index (χ0v) is 11.6. The number of benzene rings is 1. The Balaban J connectivity index is 2.91. The Morgan fingerprint density at radius 3 is 2.72 bits per heavy atom. The van der Waals surface area contributed by atoms with Gasteiger partial charge in [-0.3, -0.25) is 9.69 Å². The lowest BCUT2D eigenvalue weighted by Crippen LogP contribution is -2.22. The number of carbonyl (C=O) groups is 1. The molecule has 0 heterocycles. The van der Waals surface area contributed by atoms with E-state index in [4.69, 9.17) is 16.3 Å². The van der Waals surface area contributed by atoms with E-state index in [9.17, 15) is 9.90 Å². The van der Waals surface area contributed by atoms with Gasteiger partial charge in [0.25, 0.3) is 0 Å². The summed E-state index contributed by atoms with van der Waals surface area (Å²) in [5.74, 6) is -0.188. The van der Waals surface area contributed by atoms with E-state index in [1.165, 1.54) is 13.0 Å². The van der Waals surface area contributed by atoms with Crippen molar-refractivity contribution < 1.29 is 14.6 Å². The van der Waals surface area contributed by atoms with Gasteiger partial charge in [-0.05, 0) is 26.1 Å². The highest BCUT2D eigenvalue weighted by Gasteiger charge is 2.14. The van der Waals surface area contributed by atoms with Crippen LogP contribution < -0.4 is 0 Å². The van der Waals surface area contributed by atoms with E-state index < -0.39 is 0 Å². The fourth-order valence-electron chi connectivity index (χ4n) is 1.66. The fraction of sp³-hybridized carbons (Fsp3) is 0.462. The number of hydrogen-bond acceptors (Lipinski definition) is 4. The van der Waals surface area contributed by atoms with Crippen molar-refractivity contribution in [1.29, 1.82) is 0 Å². The van der Waals surface area contributed by atoms with Crippen molar-refractivity contribution in [3.8, 4) is 5.75 Å². The lowest BCUT2D eigenvalue weighted by atomic mass is 10.1. The van der Waals surface area contributed by atoms with Gasteiger partial charge in [-0.25, -0.2) is 0 Å². The highest BCUT2D eigenvalue weighted by molar-refractivity contribution is 6.31. The summed E-state index contributed by atoms with van der Waals surface area (Å²) in [4.78, 5) is 13.4. The van der Waals surface area contributed by atoms with Crippen LogP contribution in [0.2, 0.25) is 5.02 Å². The number of ether oxygens (including phenoxy) is 1. The summed E-state index contributed by atoms with van der Waals surface area (Å²) in [6.07, 6.45) is 0. The number of likely N-dealkylation sites (N-methyl/N-ethyl adjacent to an activating group) is 1. The van der Waals surface area contributed by atoms with Gasteiger partial charge in [-0.1, -0.05) is 11.6 Å². The summed E-state index contributed by atoms with van der Waals surface area (Å²) >= 11 is 5.95. The number of halogens is 1. The van der Waals surface area contributed by atoms with E-state index in [-0.39, 0.29) is 17.1 Å². The fourth-order valence-corrected chi connectivity index (χ4v) is 1.90. The summed E-state index contributed by atoms with van der Waals surface area (Å²) in [7, 11) is 3.55. The Bertz CT molecular complexity index is 434. The maximum Gasteiger partial charge on any atom is 0.163 e. The third-order valence-electron chi connectivity index (χ3n) is 2.65. The lowest BCUT2D eigenvalue weighted by Gasteiger charge is -2.18. The molecule has 1 aromatic carbocycles. The summed E-state index contributed by atoms with van der Waals surface area (Å²) in [6, 6.07) is 3.16. The Morgan fingerprint density at radius 2 is 2.17 bits per heavy atom. The third kappa shape index (κ3) is 3.98. The molecule has 0 aliphatic heterocycles. The van der Waals surface area contributed by atoms with Gasteiger partial charge in [0.15, 0.2) is 5.78 Å². The van der Waals surface area contributed by atoms with E-state index in [1.807, 2.05) is 11.9 Å². The average molecular weight is 272 g/mol. The molecule has 0 fully saturated rings. The van der Waals surface area contributed by atoms with E-state index in [0.717, 1.165) is 6.54 Å². The summed E-state index contributed by atoms with van der Waals surface area (Å²) < 4.78 is 4.98. The molecule has 1 aromatic rings. The van der Waals surface area contributed by atoms with Crippen molar-refractivity contribution in [3.05, 3.63) is 28.3 Å². The number of phenols is 1. The monoisotopic (exact) mass is 271 g/mol. The SMILES string of the molecule is COCCN(C)Cc1cc(Cl)cc(C(C)=O)c1O. The smallest absolute Gasteiger partial charge is 0.163 e. The normalized spacial score (nSPS) is 10.9. The molecule has 0 saturated heterocycles. The molecule has 5 heteroatoms. The van der Waals surface area contributed by atoms with Gasteiger partial charge in [-0.2, -0.15) is 0 Å². The van der Waals surface area contributed by atoms with Crippen LogP contribution in [0, 0.1) is 0 Å². The van der Waals surface area contributed by atoms with Crippen LogP contribution in [-0.4, -0.2) is 43.1 Å². The number of nitrogens with zero attached hydrogens (tertiary/aromatic N) is 1. The quantitative estimate of drug-likeness (QED) is 0.807. The Morgan fingerprint density at radius 1 is 1.50 bits per heavy atom. The maximum absolute atomic E-state index is 11.4.